The maximum Gasteiger partial charge on any atom is 0.374 e. The van der Waals surface area contributed by atoms with E-state index in [4.69, 9.17) is 24.4 Å². The molecule has 1 rings (SSSR count). The molecule has 1 aromatic heterocycles. The van der Waals surface area contributed by atoms with Gasteiger partial charge in [-0.2, -0.15) is 0 Å². The number of furan rings is 1. The van der Waals surface area contributed by atoms with Crippen molar-refractivity contribution in [2.24, 2.45) is 5.73 Å². The van der Waals surface area contributed by atoms with Crippen LogP contribution in [0.4, 0.5) is 0 Å². The third kappa shape index (κ3) is 5.31. The number of carbonyl (C=O) groups is 1. The Morgan fingerprint density at radius 2 is 2.11 bits per heavy atom. The van der Waals surface area contributed by atoms with E-state index in [0.29, 0.717) is 38.6 Å². The lowest BCUT2D eigenvalue weighted by molar-refractivity contribution is 0.0357. The molecule has 0 radical (unpaired) electrons. The Morgan fingerprint density at radius 1 is 1.28 bits per heavy atom. The van der Waals surface area contributed by atoms with Crippen LogP contribution >= 0.6 is 0 Å². The van der Waals surface area contributed by atoms with Crippen LogP contribution in [0.3, 0.4) is 0 Å². The molecule has 0 amide bonds. The van der Waals surface area contributed by atoms with E-state index in [-0.39, 0.29) is 12.3 Å². The van der Waals surface area contributed by atoms with Crippen molar-refractivity contribution in [1.29, 1.82) is 0 Å². The molecule has 0 bridgehead atoms. The first-order valence-corrected chi connectivity index (χ1v) is 5.80. The second-order valence-corrected chi connectivity index (χ2v) is 3.56. The Morgan fingerprint density at radius 3 is 2.78 bits per heavy atom. The normalized spacial score (nSPS) is 10.6. The molecule has 18 heavy (non-hydrogen) atoms. The molecule has 0 fully saturated rings. The van der Waals surface area contributed by atoms with Crippen molar-refractivity contribution in [2.75, 3.05) is 33.5 Å². The van der Waals surface area contributed by atoms with Crippen molar-refractivity contribution in [3.63, 3.8) is 0 Å². The van der Waals surface area contributed by atoms with E-state index in [9.17, 15) is 4.79 Å². The molecular formula is C12H19NO5. The minimum atomic E-state index is -0.480. The lowest BCUT2D eigenvalue weighted by Crippen LogP contribution is -2.09. The maximum absolute atomic E-state index is 11.5. The second-order valence-electron chi connectivity index (χ2n) is 3.56. The third-order valence-electron chi connectivity index (χ3n) is 2.16. The molecule has 2 N–H and O–H groups in total. The van der Waals surface area contributed by atoms with E-state index < -0.39 is 5.97 Å². The van der Waals surface area contributed by atoms with Gasteiger partial charge in [0.1, 0.15) is 5.76 Å². The Labute approximate surface area is 106 Å². The van der Waals surface area contributed by atoms with Gasteiger partial charge >= 0.3 is 5.97 Å². The van der Waals surface area contributed by atoms with Gasteiger partial charge in [0.05, 0.1) is 26.4 Å². The summed E-state index contributed by atoms with van der Waals surface area (Å²) < 4.78 is 20.2. The maximum atomic E-state index is 11.5. The summed E-state index contributed by atoms with van der Waals surface area (Å²) in [7, 11) is 1.62. The molecule has 6 nitrogen and oxygen atoms in total. The van der Waals surface area contributed by atoms with Crippen LogP contribution in [0.5, 0.6) is 0 Å². The van der Waals surface area contributed by atoms with E-state index in [2.05, 4.69) is 0 Å². The Bertz CT molecular complexity index is 350. The zero-order chi connectivity index (χ0) is 13.2. The van der Waals surface area contributed by atoms with Crippen LogP contribution in [0, 0.1) is 0 Å². The van der Waals surface area contributed by atoms with Gasteiger partial charge in [0.15, 0.2) is 0 Å². The molecular weight excluding hydrogens is 238 g/mol. The highest BCUT2D eigenvalue weighted by Crippen LogP contribution is 2.08. The molecule has 0 aliphatic rings. The quantitative estimate of drug-likeness (QED) is 0.523. The van der Waals surface area contributed by atoms with Crippen LogP contribution in [0.15, 0.2) is 16.5 Å². The topological polar surface area (TPSA) is 83.9 Å². The predicted octanol–water partition coefficient (Wildman–Crippen LogP) is 0.948. The van der Waals surface area contributed by atoms with Gasteiger partial charge in [-0.15, -0.1) is 0 Å². The molecule has 0 aromatic carbocycles. The van der Waals surface area contributed by atoms with Gasteiger partial charge in [-0.1, -0.05) is 0 Å². The van der Waals surface area contributed by atoms with E-state index in [1.165, 1.54) is 0 Å². The minimum Gasteiger partial charge on any atom is -0.460 e. The van der Waals surface area contributed by atoms with E-state index in [1.54, 1.807) is 19.2 Å². The molecule has 1 heterocycles. The zero-order valence-electron chi connectivity index (χ0n) is 10.5. The number of nitrogens with two attached hydrogens (primary N) is 1. The van der Waals surface area contributed by atoms with Gasteiger partial charge in [-0.3, -0.25) is 0 Å². The molecule has 0 aliphatic heterocycles. The van der Waals surface area contributed by atoms with Crippen molar-refractivity contribution < 1.29 is 23.4 Å². The summed E-state index contributed by atoms with van der Waals surface area (Å²) in [6.07, 6.45) is 0.639. The van der Waals surface area contributed by atoms with Crippen molar-refractivity contribution in [1.82, 2.24) is 0 Å². The fraction of sp³-hybridized carbons (Fsp3) is 0.583. The summed E-state index contributed by atoms with van der Waals surface area (Å²) in [5.74, 6) is 0.257. The monoisotopic (exact) mass is 257 g/mol. The fourth-order valence-electron chi connectivity index (χ4n) is 1.24. The molecule has 0 aliphatic carbocycles. The lowest BCUT2D eigenvalue weighted by atomic mass is 10.4. The SMILES string of the molecule is COCCOCCCOC(=O)c1ccc(CN)o1. The van der Waals surface area contributed by atoms with E-state index in [0.717, 1.165) is 0 Å². The van der Waals surface area contributed by atoms with Gasteiger partial charge in [0.2, 0.25) is 5.76 Å². The summed E-state index contributed by atoms with van der Waals surface area (Å²) in [5, 5.41) is 0. The largest absolute Gasteiger partial charge is 0.460 e. The second kappa shape index (κ2) is 8.68. The smallest absolute Gasteiger partial charge is 0.374 e. The van der Waals surface area contributed by atoms with Crippen LogP contribution in [-0.4, -0.2) is 39.5 Å². The molecule has 1 aromatic rings. The highest BCUT2D eigenvalue weighted by molar-refractivity contribution is 5.86. The average molecular weight is 257 g/mol. The van der Waals surface area contributed by atoms with Crippen molar-refractivity contribution in [3.8, 4) is 0 Å². The van der Waals surface area contributed by atoms with Crippen LogP contribution in [0.25, 0.3) is 0 Å². The standard InChI is InChI=1S/C12H19NO5/c1-15-7-8-16-5-2-6-17-12(14)11-4-3-10(9-13)18-11/h3-4H,2,5-9,13H2,1H3. The average Bonchev–Trinajstić information content (AvgIpc) is 2.86. The summed E-state index contributed by atoms with van der Waals surface area (Å²) in [6, 6.07) is 3.21. The Balaban J connectivity index is 2.10. The first kappa shape index (κ1) is 14.7. The van der Waals surface area contributed by atoms with Crippen LogP contribution in [0.1, 0.15) is 22.7 Å². The number of rotatable bonds is 9. The summed E-state index contributed by atoms with van der Waals surface area (Å²) in [4.78, 5) is 11.5. The van der Waals surface area contributed by atoms with Crippen LogP contribution in [-0.2, 0) is 20.8 Å². The molecule has 0 unspecified atom stereocenters. The molecule has 0 saturated carbocycles. The molecule has 102 valence electrons. The fourth-order valence-corrected chi connectivity index (χ4v) is 1.24. The lowest BCUT2D eigenvalue weighted by Gasteiger charge is -2.04. The summed E-state index contributed by atoms with van der Waals surface area (Å²) in [5.41, 5.74) is 5.37. The number of methoxy groups -OCH3 is 1. The van der Waals surface area contributed by atoms with Crippen molar-refractivity contribution in [2.45, 2.75) is 13.0 Å². The van der Waals surface area contributed by atoms with E-state index in [1.807, 2.05) is 0 Å². The first-order chi connectivity index (χ1) is 8.77. The predicted molar refractivity (Wildman–Crippen MR) is 64.2 cm³/mol. The van der Waals surface area contributed by atoms with Crippen LogP contribution < -0.4 is 5.73 Å². The van der Waals surface area contributed by atoms with Gasteiger partial charge < -0.3 is 24.4 Å². The molecule has 0 spiro atoms. The summed E-state index contributed by atoms with van der Waals surface area (Å²) in [6.45, 7) is 2.20. The molecule has 0 atom stereocenters. The number of carbonyl (C=O) groups excluding carboxylic acids is 1. The third-order valence-corrected chi connectivity index (χ3v) is 2.16. The summed E-state index contributed by atoms with van der Waals surface area (Å²) >= 11 is 0. The number of ether oxygens (including phenoxy) is 3. The van der Waals surface area contributed by atoms with E-state index >= 15 is 0 Å². The number of hydrogen-bond donors (Lipinski definition) is 1. The highest BCUT2D eigenvalue weighted by atomic mass is 16.5. The van der Waals surface area contributed by atoms with Crippen LogP contribution in [0.2, 0.25) is 0 Å². The Hall–Kier alpha value is -1.37. The molecule has 0 saturated heterocycles. The van der Waals surface area contributed by atoms with Gasteiger partial charge in [-0.05, 0) is 12.1 Å². The van der Waals surface area contributed by atoms with Gasteiger partial charge in [0.25, 0.3) is 0 Å². The van der Waals surface area contributed by atoms with Gasteiger partial charge in [0, 0.05) is 20.1 Å². The minimum absolute atomic E-state index is 0.177. The van der Waals surface area contributed by atoms with Crippen molar-refractivity contribution >= 4 is 5.97 Å². The number of esters is 1. The Kier molecular flexibility index (Phi) is 7.09. The zero-order valence-corrected chi connectivity index (χ0v) is 10.5. The molecule has 6 heteroatoms. The first-order valence-electron chi connectivity index (χ1n) is 5.80. The number of hydrogen-bond acceptors (Lipinski definition) is 6. The highest BCUT2D eigenvalue weighted by Gasteiger charge is 2.11. The van der Waals surface area contributed by atoms with Gasteiger partial charge in [-0.25, -0.2) is 4.79 Å². The van der Waals surface area contributed by atoms with Crippen molar-refractivity contribution in [3.05, 3.63) is 23.7 Å².